The molecule has 0 spiro atoms. The highest BCUT2D eigenvalue weighted by Gasteiger charge is 2.01. The summed E-state index contributed by atoms with van der Waals surface area (Å²) < 4.78 is 18.7. The molecule has 0 saturated carbocycles. The summed E-state index contributed by atoms with van der Waals surface area (Å²) in [4.78, 5) is 13.5. The summed E-state index contributed by atoms with van der Waals surface area (Å²) in [5.41, 5.74) is 0.996. The van der Waals surface area contributed by atoms with Crippen molar-refractivity contribution in [1.82, 2.24) is 0 Å². The van der Waals surface area contributed by atoms with Crippen LogP contribution in [-0.2, 0) is 11.4 Å². The molecule has 0 aliphatic carbocycles. The summed E-state index contributed by atoms with van der Waals surface area (Å²) >= 11 is 0. The highest BCUT2D eigenvalue weighted by Crippen LogP contribution is 2.19. The third-order valence-corrected chi connectivity index (χ3v) is 2.36. The number of carbonyl (C=O) groups excluding carboxylic acids is 1. The summed E-state index contributed by atoms with van der Waals surface area (Å²) in [7, 11) is 0. The van der Waals surface area contributed by atoms with E-state index in [-0.39, 0.29) is 12.4 Å². The first-order chi connectivity index (χ1) is 8.79. The number of hydrogen-bond acceptors (Lipinski definition) is 3. The lowest BCUT2D eigenvalue weighted by Crippen LogP contribution is -1.97. The van der Waals surface area contributed by atoms with Crippen LogP contribution in [0.2, 0.25) is 0 Å². The fraction of sp³-hybridized carbons (Fsp3) is 0.0714. The zero-order chi connectivity index (χ0) is 12.8. The van der Waals surface area contributed by atoms with E-state index in [2.05, 4.69) is 4.99 Å². The van der Waals surface area contributed by atoms with Gasteiger partial charge in [-0.25, -0.2) is 9.18 Å². The molecule has 18 heavy (non-hydrogen) atoms. The van der Waals surface area contributed by atoms with Crippen molar-refractivity contribution in [2.75, 3.05) is 0 Å². The molecule has 0 fully saturated rings. The number of halogens is 1. The molecule has 0 atom stereocenters. The van der Waals surface area contributed by atoms with Crippen molar-refractivity contribution in [2.24, 2.45) is 4.99 Å². The van der Waals surface area contributed by atoms with E-state index in [1.807, 2.05) is 0 Å². The highest BCUT2D eigenvalue weighted by atomic mass is 19.1. The Morgan fingerprint density at radius 3 is 2.50 bits per heavy atom. The van der Waals surface area contributed by atoms with Gasteiger partial charge in [-0.15, -0.1) is 0 Å². The van der Waals surface area contributed by atoms with Crippen LogP contribution in [-0.4, -0.2) is 6.08 Å². The Morgan fingerprint density at radius 1 is 1.11 bits per heavy atom. The third kappa shape index (κ3) is 3.03. The molecule has 2 rings (SSSR count). The number of hydrogen-bond donors (Lipinski definition) is 0. The fourth-order valence-corrected chi connectivity index (χ4v) is 1.45. The zero-order valence-corrected chi connectivity index (χ0v) is 9.47. The zero-order valence-electron chi connectivity index (χ0n) is 9.47. The van der Waals surface area contributed by atoms with E-state index in [0.717, 1.165) is 0 Å². The van der Waals surface area contributed by atoms with Crippen LogP contribution >= 0.6 is 0 Å². The van der Waals surface area contributed by atoms with Crippen molar-refractivity contribution in [2.45, 2.75) is 6.61 Å². The quantitative estimate of drug-likeness (QED) is 0.610. The van der Waals surface area contributed by atoms with Gasteiger partial charge in [-0.2, -0.15) is 4.99 Å². The normalized spacial score (nSPS) is 9.61. The molecular formula is C14H10FNO2. The first-order valence-electron chi connectivity index (χ1n) is 5.34. The van der Waals surface area contributed by atoms with Gasteiger partial charge >= 0.3 is 0 Å². The Labute approximate surface area is 104 Å². The van der Waals surface area contributed by atoms with E-state index < -0.39 is 0 Å². The van der Waals surface area contributed by atoms with Crippen LogP contribution in [0.4, 0.5) is 10.1 Å². The van der Waals surface area contributed by atoms with Crippen LogP contribution in [0.5, 0.6) is 5.75 Å². The first-order valence-corrected chi connectivity index (χ1v) is 5.34. The smallest absolute Gasteiger partial charge is 0.240 e. The maximum atomic E-state index is 13.3. The van der Waals surface area contributed by atoms with Gasteiger partial charge in [0.2, 0.25) is 6.08 Å². The second-order valence-electron chi connectivity index (χ2n) is 3.58. The first kappa shape index (κ1) is 12.0. The van der Waals surface area contributed by atoms with E-state index >= 15 is 0 Å². The van der Waals surface area contributed by atoms with Crippen LogP contribution in [0, 0.1) is 5.82 Å². The van der Waals surface area contributed by atoms with Crippen molar-refractivity contribution in [3.63, 3.8) is 0 Å². The number of aliphatic imine (C=N–C) groups is 1. The second kappa shape index (κ2) is 5.75. The molecule has 0 N–H and O–H groups in total. The molecule has 0 radical (unpaired) electrons. The average molecular weight is 243 g/mol. The predicted molar refractivity (Wildman–Crippen MR) is 65.0 cm³/mol. The molecule has 0 aromatic heterocycles. The summed E-state index contributed by atoms with van der Waals surface area (Å²) in [6, 6.07) is 13.0. The topological polar surface area (TPSA) is 38.7 Å². The van der Waals surface area contributed by atoms with Gasteiger partial charge in [-0.1, -0.05) is 18.2 Å². The van der Waals surface area contributed by atoms with Gasteiger partial charge in [0.1, 0.15) is 18.2 Å². The molecule has 2 aromatic rings. The Bertz CT molecular complexity index is 575. The number of rotatable bonds is 4. The minimum Gasteiger partial charge on any atom is -0.489 e. The number of benzene rings is 2. The Balaban J connectivity index is 2.02. The van der Waals surface area contributed by atoms with Crippen molar-refractivity contribution in [3.05, 3.63) is 59.9 Å². The summed E-state index contributed by atoms with van der Waals surface area (Å²) in [6.07, 6.45) is 1.45. The molecule has 3 nitrogen and oxygen atoms in total. The Morgan fingerprint density at radius 2 is 1.83 bits per heavy atom. The van der Waals surface area contributed by atoms with Gasteiger partial charge in [0.25, 0.3) is 0 Å². The number of nitrogens with zero attached hydrogens (tertiary/aromatic N) is 1. The Kier molecular flexibility index (Phi) is 3.84. The van der Waals surface area contributed by atoms with Crippen molar-refractivity contribution in [3.8, 4) is 5.75 Å². The molecule has 4 heteroatoms. The maximum Gasteiger partial charge on any atom is 0.240 e. The fourth-order valence-electron chi connectivity index (χ4n) is 1.45. The monoisotopic (exact) mass is 243 g/mol. The molecule has 0 heterocycles. The molecule has 90 valence electrons. The lowest BCUT2D eigenvalue weighted by atomic mass is 10.2. The number of ether oxygens (including phenoxy) is 1. The third-order valence-electron chi connectivity index (χ3n) is 2.36. The second-order valence-corrected chi connectivity index (χ2v) is 3.58. The van der Waals surface area contributed by atoms with Crippen LogP contribution in [0.25, 0.3) is 0 Å². The van der Waals surface area contributed by atoms with E-state index in [1.165, 1.54) is 12.1 Å². The summed E-state index contributed by atoms with van der Waals surface area (Å²) in [5.74, 6) is 0.294. The van der Waals surface area contributed by atoms with E-state index in [9.17, 15) is 9.18 Å². The standard InChI is InChI=1S/C14H10FNO2/c15-14-4-2-1-3-11(14)9-18-13-7-5-12(6-8-13)16-10-17/h1-8H,9H2. The van der Waals surface area contributed by atoms with Gasteiger partial charge < -0.3 is 4.74 Å². The molecule has 0 amide bonds. The lowest BCUT2D eigenvalue weighted by molar-refractivity contribution is 0.300. The largest absolute Gasteiger partial charge is 0.489 e. The van der Waals surface area contributed by atoms with Gasteiger partial charge in [0.05, 0.1) is 5.69 Å². The molecule has 0 unspecified atom stereocenters. The average Bonchev–Trinajstić information content (AvgIpc) is 2.40. The van der Waals surface area contributed by atoms with E-state index in [1.54, 1.807) is 42.5 Å². The SMILES string of the molecule is O=C=Nc1ccc(OCc2ccccc2F)cc1. The van der Waals surface area contributed by atoms with Crippen molar-refractivity contribution in [1.29, 1.82) is 0 Å². The predicted octanol–water partition coefficient (Wildman–Crippen LogP) is 3.37. The minimum atomic E-state index is -0.292. The van der Waals surface area contributed by atoms with Gasteiger partial charge in [0.15, 0.2) is 0 Å². The maximum absolute atomic E-state index is 13.3. The van der Waals surface area contributed by atoms with Crippen LogP contribution < -0.4 is 4.74 Å². The van der Waals surface area contributed by atoms with E-state index in [4.69, 9.17) is 4.74 Å². The molecule has 0 aliphatic rings. The van der Waals surface area contributed by atoms with Gasteiger partial charge in [-0.3, -0.25) is 0 Å². The van der Waals surface area contributed by atoms with Crippen LogP contribution in [0.3, 0.4) is 0 Å². The van der Waals surface area contributed by atoms with Gasteiger partial charge in [-0.05, 0) is 30.3 Å². The Hall–Kier alpha value is -2.45. The summed E-state index contributed by atoms with van der Waals surface area (Å²) in [5, 5.41) is 0. The summed E-state index contributed by atoms with van der Waals surface area (Å²) in [6.45, 7) is 0.156. The lowest BCUT2D eigenvalue weighted by Gasteiger charge is -2.06. The van der Waals surface area contributed by atoms with Crippen molar-refractivity contribution < 1.29 is 13.9 Å². The van der Waals surface area contributed by atoms with Crippen LogP contribution in [0.15, 0.2) is 53.5 Å². The number of isocyanates is 1. The van der Waals surface area contributed by atoms with Crippen LogP contribution in [0.1, 0.15) is 5.56 Å². The molecule has 0 saturated heterocycles. The molecular weight excluding hydrogens is 233 g/mol. The molecule has 0 bridgehead atoms. The molecule has 0 aliphatic heterocycles. The molecule has 2 aromatic carbocycles. The van der Waals surface area contributed by atoms with E-state index in [0.29, 0.717) is 17.0 Å². The minimum absolute atomic E-state index is 0.156. The van der Waals surface area contributed by atoms with Gasteiger partial charge in [0, 0.05) is 5.56 Å². The van der Waals surface area contributed by atoms with Crippen molar-refractivity contribution >= 4 is 11.8 Å². The highest BCUT2D eigenvalue weighted by molar-refractivity contribution is 5.50.